The lowest BCUT2D eigenvalue weighted by molar-refractivity contribution is 0.102. The summed E-state index contributed by atoms with van der Waals surface area (Å²) in [7, 11) is 0. The van der Waals surface area contributed by atoms with Gasteiger partial charge < -0.3 is 10.4 Å². The second-order valence-corrected chi connectivity index (χ2v) is 5.10. The molecule has 6 heteroatoms. The van der Waals surface area contributed by atoms with E-state index >= 15 is 0 Å². The minimum atomic E-state index is -1.09. The molecule has 4 nitrogen and oxygen atoms in total. The summed E-state index contributed by atoms with van der Waals surface area (Å²) < 4.78 is 26.9. The van der Waals surface area contributed by atoms with Crippen molar-refractivity contribution >= 4 is 22.5 Å². The molecule has 23 heavy (non-hydrogen) atoms. The van der Waals surface area contributed by atoms with Crippen molar-refractivity contribution < 1.29 is 18.7 Å². The molecule has 0 aliphatic rings. The molecular weight excluding hydrogens is 302 g/mol. The standard InChI is InChI=1S/C17H12F2N2O2/c1-9-2-3-10-6-11(4-5-13(10)20-9)17(23)21-14-7-12(18)8-15(22)16(14)19/h2-8,22H,1H3,(H,21,23). The Morgan fingerprint density at radius 1 is 1.13 bits per heavy atom. The Hall–Kier alpha value is -3.02. The zero-order valence-electron chi connectivity index (χ0n) is 12.1. The molecule has 0 saturated carbocycles. The van der Waals surface area contributed by atoms with Crippen molar-refractivity contribution in [2.75, 3.05) is 5.32 Å². The second kappa shape index (κ2) is 5.64. The van der Waals surface area contributed by atoms with Gasteiger partial charge in [-0.25, -0.2) is 8.78 Å². The molecule has 116 valence electrons. The summed E-state index contributed by atoms with van der Waals surface area (Å²) in [6, 6.07) is 9.90. The number of aromatic nitrogens is 1. The number of rotatable bonds is 2. The monoisotopic (exact) mass is 314 g/mol. The normalized spacial score (nSPS) is 10.7. The summed E-state index contributed by atoms with van der Waals surface area (Å²) in [5.74, 6) is -3.41. The molecule has 0 spiro atoms. The summed E-state index contributed by atoms with van der Waals surface area (Å²) in [5.41, 5.74) is 1.43. The van der Waals surface area contributed by atoms with Crippen LogP contribution in [0, 0.1) is 18.6 Å². The number of carbonyl (C=O) groups excluding carboxylic acids is 1. The van der Waals surface area contributed by atoms with Gasteiger partial charge >= 0.3 is 0 Å². The van der Waals surface area contributed by atoms with Gasteiger partial charge in [0.15, 0.2) is 11.6 Å². The first-order valence-corrected chi connectivity index (χ1v) is 6.81. The van der Waals surface area contributed by atoms with Crippen molar-refractivity contribution in [1.82, 2.24) is 4.98 Å². The van der Waals surface area contributed by atoms with E-state index in [4.69, 9.17) is 0 Å². The average molecular weight is 314 g/mol. The Balaban J connectivity index is 1.93. The van der Waals surface area contributed by atoms with E-state index in [9.17, 15) is 18.7 Å². The number of aromatic hydroxyl groups is 1. The van der Waals surface area contributed by atoms with Crippen LogP contribution in [-0.2, 0) is 0 Å². The second-order valence-electron chi connectivity index (χ2n) is 5.10. The van der Waals surface area contributed by atoms with Gasteiger partial charge in [-0.1, -0.05) is 6.07 Å². The van der Waals surface area contributed by atoms with E-state index in [0.717, 1.165) is 22.7 Å². The van der Waals surface area contributed by atoms with E-state index in [2.05, 4.69) is 10.3 Å². The predicted octanol–water partition coefficient (Wildman–Crippen LogP) is 3.78. The van der Waals surface area contributed by atoms with Crippen LogP contribution in [0.25, 0.3) is 10.9 Å². The highest BCUT2D eigenvalue weighted by atomic mass is 19.1. The highest BCUT2D eigenvalue weighted by molar-refractivity contribution is 6.06. The molecule has 3 aromatic rings. The zero-order chi connectivity index (χ0) is 16.6. The molecule has 2 aromatic carbocycles. The number of carbonyl (C=O) groups is 1. The topological polar surface area (TPSA) is 62.2 Å². The summed E-state index contributed by atoms with van der Waals surface area (Å²) in [6.45, 7) is 1.86. The molecule has 0 atom stereocenters. The smallest absolute Gasteiger partial charge is 0.255 e. The zero-order valence-corrected chi connectivity index (χ0v) is 12.1. The van der Waals surface area contributed by atoms with Crippen LogP contribution in [-0.4, -0.2) is 16.0 Å². The van der Waals surface area contributed by atoms with Crippen molar-refractivity contribution in [1.29, 1.82) is 0 Å². The highest BCUT2D eigenvalue weighted by Crippen LogP contribution is 2.26. The largest absolute Gasteiger partial charge is 0.505 e. The molecule has 0 unspecified atom stereocenters. The Kier molecular flexibility index (Phi) is 3.65. The van der Waals surface area contributed by atoms with Crippen molar-refractivity contribution in [2.45, 2.75) is 6.92 Å². The number of phenolic OH excluding ortho intramolecular Hbond substituents is 1. The Labute approximate surface area is 130 Å². The number of amides is 1. The van der Waals surface area contributed by atoms with Crippen LogP contribution in [0.5, 0.6) is 5.75 Å². The van der Waals surface area contributed by atoms with Crippen LogP contribution in [0.1, 0.15) is 16.1 Å². The fourth-order valence-corrected chi connectivity index (χ4v) is 2.23. The van der Waals surface area contributed by atoms with Crippen molar-refractivity contribution in [2.24, 2.45) is 0 Å². The molecule has 0 aliphatic heterocycles. The van der Waals surface area contributed by atoms with Crippen molar-refractivity contribution in [3.8, 4) is 5.75 Å². The van der Waals surface area contributed by atoms with Gasteiger partial charge in [-0.3, -0.25) is 9.78 Å². The van der Waals surface area contributed by atoms with Gasteiger partial charge in [-0.15, -0.1) is 0 Å². The first-order valence-electron chi connectivity index (χ1n) is 6.81. The molecular formula is C17H12F2N2O2. The minimum Gasteiger partial charge on any atom is -0.505 e. The summed E-state index contributed by atoms with van der Waals surface area (Å²) in [5, 5.41) is 12.3. The molecule has 2 N–H and O–H groups in total. The third-order valence-corrected chi connectivity index (χ3v) is 3.36. The van der Waals surface area contributed by atoms with Crippen molar-refractivity contribution in [3.63, 3.8) is 0 Å². The molecule has 1 aromatic heterocycles. The number of halogens is 2. The lowest BCUT2D eigenvalue weighted by atomic mass is 10.1. The molecule has 1 amide bonds. The van der Waals surface area contributed by atoms with E-state index in [0.29, 0.717) is 6.07 Å². The first kappa shape index (κ1) is 14.9. The number of hydrogen-bond acceptors (Lipinski definition) is 3. The van der Waals surface area contributed by atoms with E-state index < -0.39 is 29.0 Å². The maximum absolute atomic E-state index is 13.7. The van der Waals surface area contributed by atoms with Crippen molar-refractivity contribution in [3.05, 3.63) is 65.4 Å². The van der Waals surface area contributed by atoms with Crippen LogP contribution in [0.4, 0.5) is 14.5 Å². The number of anilines is 1. The maximum atomic E-state index is 13.7. The predicted molar refractivity (Wildman–Crippen MR) is 82.5 cm³/mol. The van der Waals surface area contributed by atoms with Gasteiger partial charge in [-0.05, 0) is 31.2 Å². The van der Waals surface area contributed by atoms with Crippen LogP contribution in [0.3, 0.4) is 0 Å². The molecule has 1 heterocycles. The van der Waals surface area contributed by atoms with Crippen LogP contribution in [0.15, 0.2) is 42.5 Å². The van der Waals surface area contributed by atoms with Crippen LogP contribution in [0.2, 0.25) is 0 Å². The molecule has 0 fully saturated rings. The van der Waals surface area contributed by atoms with E-state index in [-0.39, 0.29) is 5.56 Å². The molecule has 0 radical (unpaired) electrons. The number of aryl methyl sites for hydroxylation is 1. The number of benzene rings is 2. The highest BCUT2D eigenvalue weighted by Gasteiger charge is 2.14. The lowest BCUT2D eigenvalue weighted by Crippen LogP contribution is -2.13. The van der Waals surface area contributed by atoms with Gasteiger partial charge in [-0.2, -0.15) is 0 Å². The Morgan fingerprint density at radius 3 is 2.70 bits per heavy atom. The summed E-state index contributed by atoms with van der Waals surface area (Å²) in [4.78, 5) is 16.5. The number of hydrogen-bond donors (Lipinski definition) is 2. The fraction of sp³-hybridized carbons (Fsp3) is 0.0588. The lowest BCUT2D eigenvalue weighted by Gasteiger charge is -2.08. The number of nitrogens with zero attached hydrogens (tertiary/aromatic N) is 1. The average Bonchev–Trinajstić information content (AvgIpc) is 2.51. The first-order chi connectivity index (χ1) is 10.9. The summed E-state index contributed by atoms with van der Waals surface area (Å²) in [6.07, 6.45) is 0. The molecule has 0 aliphatic carbocycles. The number of fused-ring (bicyclic) bond motifs is 1. The quantitative estimate of drug-likeness (QED) is 0.756. The van der Waals surface area contributed by atoms with E-state index in [1.54, 1.807) is 18.2 Å². The molecule has 3 rings (SSSR count). The molecule has 0 saturated heterocycles. The van der Waals surface area contributed by atoms with E-state index in [1.807, 2.05) is 19.1 Å². The number of phenols is 1. The van der Waals surface area contributed by atoms with Gasteiger partial charge in [0.05, 0.1) is 11.2 Å². The third-order valence-electron chi connectivity index (χ3n) is 3.36. The minimum absolute atomic E-state index is 0.270. The summed E-state index contributed by atoms with van der Waals surface area (Å²) >= 11 is 0. The van der Waals surface area contributed by atoms with Crippen LogP contribution < -0.4 is 5.32 Å². The number of nitrogens with one attached hydrogen (secondary N) is 1. The third kappa shape index (κ3) is 2.96. The maximum Gasteiger partial charge on any atom is 0.255 e. The SMILES string of the molecule is Cc1ccc2cc(C(=O)Nc3cc(F)cc(O)c3F)ccc2n1. The van der Waals surface area contributed by atoms with Crippen LogP contribution >= 0.6 is 0 Å². The fourth-order valence-electron chi connectivity index (χ4n) is 2.23. The van der Waals surface area contributed by atoms with Gasteiger partial charge in [0, 0.05) is 28.8 Å². The van der Waals surface area contributed by atoms with Gasteiger partial charge in [0.1, 0.15) is 5.82 Å². The number of pyridine rings is 1. The molecule has 0 bridgehead atoms. The van der Waals surface area contributed by atoms with Gasteiger partial charge in [0.25, 0.3) is 5.91 Å². The van der Waals surface area contributed by atoms with Gasteiger partial charge in [0.2, 0.25) is 0 Å². The Morgan fingerprint density at radius 2 is 1.91 bits per heavy atom. The Bertz CT molecular complexity index is 926. The van der Waals surface area contributed by atoms with E-state index in [1.165, 1.54) is 0 Å².